The fraction of sp³-hybridized carbons (Fsp3) is 0. The predicted molar refractivity (Wildman–Crippen MR) is 19.2 cm³/mol. The maximum Gasteiger partial charge on any atom is 0.430 e. The maximum atomic E-state index is 8.80. The van der Waals surface area contributed by atoms with Gasteiger partial charge in [-0.2, -0.15) is 0 Å². The third kappa shape index (κ3) is 52.1. The second-order valence-corrected chi connectivity index (χ2v) is 1.47. The van der Waals surface area contributed by atoms with Gasteiger partial charge in [0.1, 0.15) is 0 Å². The van der Waals surface area contributed by atoms with Gasteiger partial charge in [0.05, 0.1) is 0 Å². The molecule has 0 aromatic heterocycles. The summed E-state index contributed by atoms with van der Waals surface area (Å²) in [5, 5.41) is 0. The first-order chi connectivity index (χ1) is 1.73. The van der Waals surface area contributed by atoms with Gasteiger partial charge in [0.2, 0.25) is 11.2 Å². The summed E-state index contributed by atoms with van der Waals surface area (Å²) in [7, 11) is -2.65. The SMILES string of the molecule is O=[P+]([O-])Cl.[Al]. The molecule has 0 rings (SSSR count). The van der Waals surface area contributed by atoms with Gasteiger partial charge >= 0.3 is 7.38 Å². The van der Waals surface area contributed by atoms with E-state index in [-0.39, 0.29) is 17.4 Å². The van der Waals surface area contributed by atoms with Crippen molar-refractivity contribution in [1.29, 1.82) is 0 Å². The summed E-state index contributed by atoms with van der Waals surface area (Å²) in [6.07, 6.45) is 0. The molecule has 0 aliphatic rings. The lowest BCUT2D eigenvalue weighted by Gasteiger charge is -1.53. The maximum absolute atomic E-state index is 8.80. The minimum Gasteiger partial charge on any atom is -0.579 e. The highest BCUT2D eigenvalue weighted by molar-refractivity contribution is 7.67. The average Bonchev–Trinajstić information content (AvgIpc) is 0.811. The highest BCUT2D eigenvalue weighted by Crippen LogP contribution is 2.10. The minimum atomic E-state index is -2.65. The van der Waals surface area contributed by atoms with E-state index in [1.807, 2.05) is 0 Å². The van der Waals surface area contributed by atoms with Crippen molar-refractivity contribution in [2.24, 2.45) is 0 Å². The number of hydrogen-bond acceptors (Lipinski definition) is 2. The van der Waals surface area contributed by atoms with Crippen LogP contribution in [0.15, 0.2) is 0 Å². The van der Waals surface area contributed by atoms with Crippen molar-refractivity contribution in [3.05, 3.63) is 0 Å². The predicted octanol–water partition coefficient (Wildman–Crippen LogP) is -0.138. The third-order valence-corrected chi connectivity index (χ3v) is 0. The zero-order valence-corrected chi connectivity index (χ0v) is 5.02. The van der Waals surface area contributed by atoms with Crippen LogP contribution >= 0.6 is 18.6 Å². The van der Waals surface area contributed by atoms with Gasteiger partial charge in [-0.25, -0.2) is 0 Å². The van der Waals surface area contributed by atoms with Crippen LogP contribution in [0.4, 0.5) is 0 Å². The molecule has 1 unspecified atom stereocenters. The van der Waals surface area contributed by atoms with Gasteiger partial charge in [0.15, 0.2) is 0 Å². The summed E-state index contributed by atoms with van der Waals surface area (Å²) < 4.78 is 8.80. The lowest BCUT2D eigenvalue weighted by molar-refractivity contribution is -0.158. The van der Waals surface area contributed by atoms with Crippen LogP contribution in [-0.4, -0.2) is 17.4 Å². The highest BCUT2D eigenvalue weighted by Gasteiger charge is 1.77. The molecule has 0 aliphatic carbocycles. The molecular weight excluding hydrogens is 125 g/mol. The molecule has 3 radical (unpaired) electrons. The molecule has 0 saturated carbocycles. The first-order valence-electron chi connectivity index (χ1n) is 0.534. The first kappa shape index (κ1) is 9.30. The van der Waals surface area contributed by atoms with E-state index in [2.05, 4.69) is 11.2 Å². The summed E-state index contributed by atoms with van der Waals surface area (Å²) in [6, 6.07) is 0. The van der Waals surface area contributed by atoms with Gasteiger partial charge in [0, 0.05) is 17.4 Å². The highest BCUT2D eigenvalue weighted by atomic mass is 35.7. The Hall–Kier alpha value is 0.882. The van der Waals surface area contributed by atoms with E-state index in [1.165, 1.54) is 0 Å². The standard InChI is InChI=1S/Al.ClO2P/c;1-4(2)3. The Balaban J connectivity index is 0. The van der Waals surface area contributed by atoms with Crippen LogP contribution in [0.5, 0.6) is 0 Å². The second kappa shape index (κ2) is 4.88. The number of halogens is 1. The molecule has 0 amide bonds. The third-order valence-electron chi connectivity index (χ3n) is 0. The minimum absolute atomic E-state index is 0. The van der Waals surface area contributed by atoms with Crippen LogP contribution in [0.2, 0.25) is 0 Å². The van der Waals surface area contributed by atoms with Gasteiger partial charge in [-0.05, 0) is 0 Å². The molecule has 1 atom stereocenters. The monoisotopic (exact) mass is 125 g/mol. The van der Waals surface area contributed by atoms with Crippen molar-refractivity contribution >= 4 is 36.0 Å². The molecule has 0 aliphatic heterocycles. The average molecular weight is 125 g/mol. The van der Waals surface area contributed by atoms with E-state index < -0.39 is 7.38 Å². The van der Waals surface area contributed by atoms with Crippen LogP contribution in [0.3, 0.4) is 0 Å². The molecule has 0 aromatic rings. The number of rotatable bonds is 0. The van der Waals surface area contributed by atoms with Crippen LogP contribution in [-0.2, 0) is 4.57 Å². The van der Waals surface area contributed by atoms with Crippen LogP contribution in [0.1, 0.15) is 0 Å². The summed E-state index contributed by atoms with van der Waals surface area (Å²) in [5.74, 6) is 0. The molecule has 0 spiro atoms. The zero-order chi connectivity index (χ0) is 3.58. The Kier molecular flexibility index (Phi) is 9.08. The van der Waals surface area contributed by atoms with Crippen LogP contribution in [0, 0.1) is 0 Å². The van der Waals surface area contributed by atoms with Gasteiger partial charge in [-0.1, -0.05) is 4.57 Å². The van der Waals surface area contributed by atoms with E-state index in [0.29, 0.717) is 0 Å². The lowest BCUT2D eigenvalue weighted by atomic mass is 15.9. The quantitative estimate of drug-likeness (QED) is 0.334. The topological polar surface area (TPSA) is 40.1 Å². The van der Waals surface area contributed by atoms with Crippen molar-refractivity contribution in [3.8, 4) is 0 Å². The summed E-state index contributed by atoms with van der Waals surface area (Å²) in [6.45, 7) is 0. The van der Waals surface area contributed by atoms with E-state index >= 15 is 0 Å². The van der Waals surface area contributed by atoms with Crippen LogP contribution in [0.25, 0.3) is 0 Å². The van der Waals surface area contributed by atoms with E-state index in [4.69, 9.17) is 9.46 Å². The second-order valence-electron chi connectivity index (χ2n) is 0.213. The Labute approximate surface area is 45.9 Å². The summed E-state index contributed by atoms with van der Waals surface area (Å²) in [4.78, 5) is 8.80. The largest absolute Gasteiger partial charge is 0.579 e. The smallest absolute Gasteiger partial charge is 0.430 e. The van der Waals surface area contributed by atoms with E-state index in [9.17, 15) is 0 Å². The Morgan fingerprint density at radius 2 is 1.80 bits per heavy atom. The van der Waals surface area contributed by atoms with Crippen molar-refractivity contribution in [3.63, 3.8) is 0 Å². The fourth-order valence-electron chi connectivity index (χ4n) is 0. The Bertz CT molecular complexity index is 32.6. The summed E-state index contributed by atoms with van der Waals surface area (Å²) >= 11 is 4.23. The van der Waals surface area contributed by atoms with Crippen molar-refractivity contribution in [1.82, 2.24) is 0 Å². The van der Waals surface area contributed by atoms with Crippen molar-refractivity contribution in [2.45, 2.75) is 0 Å². The van der Waals surface area contributed by atoms with Gasteiger partial charge in [-0.15, -0.1) is 0 Å². The summed E-state index contributed by atoms with van der Waals surface area (Å²) in [5.41, 5.74) is 0. The molecule has 0 heterocycles. The molecule has 2 nitrogen and oxygen atoms in total. The first-order valence-corrected chi connectivity index (χ1v) is 2.62. The lowest BCUT2D eigenvalue weighted by Crippen LogP contribution is -1.73. The Morgan fingerprint density at radius 1 is 1.80 bits per heavy atom. The molecule has 0 aromatic carbocycles. The fourth-order valence-corrected chi connectivity index (χ4v) is 0. The molecule has 0 saturated heterocycles. The molecule has 0 N–H and O–H groups in total. The molecule has 27 valence electrons. The Morgan fingerprint density at radius 3 is 1.80 bits per heavy atom. The molecule has 0 fully saturated rings. The molecule has 5 heteroatoms. The molecular formula is AlClO2P. The number of hydrogen-bond donors (Lipinski definition) is 0. The van der Waals surface area contributed by atoms with Gasteiger partial charge in [-0.3, -0.25) is 0 Å². The molecule has 0 bridgehead atoms. The zero-order valence-electron chi connectivity index (χ0n) is 2.22. The van der Waals surface area contributed by atoms with Gasteiger partial charge < -0.3 is 4.89 Å². The van der Waals surface area contributed by atoms with Crippen LogP contribution < -0.4 is 4.89 Å². The van der Waals surface area contributed by atoms with Gasteiger partial charge in [0.25, 0.3) is 0 Å². The van der Waals surface area contributed by atoms with Crippen molar-refractivity contribution < 1.29 is 9.46 Å². The normalized spacial score (nSPS) is 8.80. The molecule has 5 heavy (non-hydrogen) atoms. The van der Waals surface area contributed by atoms with E-state index in [0.717, 1.165) is 0 Å². The van der Waals surface area contributed by atoms with Crippen molar-refractivity contribution in [2.75, 3.05) is 0 Å². The van der Waals surface area contributed by atoms with E-state index in [1.54, 1.807) is 0 Å².